The Morgan fingerprint density at radius 3 is 2.41 bits per heavy atom. The zero-order valence-electron chi connectivity index (χ0n) is 22.9. The van der Waals surface area contributed by atoms with Crippen LogP contribution in [0.25, 0.3) is 6.08 Å². The van der Waals surface area contributed by atoms with Gasteiger partial charge in [-0.1, -0.05) is 69.0 Å². The van der Waals surface area contributed by atoms with Crippen molar-refractivity contribution in [3.05, 3.63) is 101 Å². The Hall–Kier alpha value is -3.49. The van der Waals surface area contributed by atoms with Crippen molar-refractivity contribution >= 4 is 27.8 Å². The third-order valence-electron chi connectivity index (χ3n) is 6.37. The van der Waals surface area contributed by atoms with Crippen LogP contribution in [0.3, 0.4) is 0 Å². The maximum absolute atomic E-state index is 14.5. The minimum atomic E-state index is -3.58. The summed E-state index contributed by atoms with van der Waals surface area (Å²) in [5.74, 6) is 0.316. The molecule has 208 valence electrons. The van der Waals surface area contributed by atoms with Crippen molar-refractivity contribution in [2.75, 3.05) is 24.4 Å². The Kier molecular flexibility index (Phi) is 10.4. The van der Waals surface area contributed by atoms with Crippen LogP contribution in [-0.4, -0.2) is 33.8 Å². The van der Waals surface area contributed by atoms with Crippen LogP contribution in [0.5, 0.6) is 5.75 Å². The lowest BCUT2D eigenvalue weighted by Gasteiger charge is -2.26. The smallest absolute Gasteiger partial charge is 0.264 e. The van der Waals surface area contributed by atoms with Gasteiger partial charge in [0.2, 0.25) is 5.91 Å². The summed E-state index contributed by atoms with van der Waals surface area (Å²) in [6, 6.07) is 20.2. The summed E-state index contributed by atoms with van der Waals surface area (Å²) in [5.41, 5.74) is 4.19. The van der Waals surface area contributed by atoms with Gasteiger partial charge >= 0.3 is 0 Å². The number of hydrogen-bond donors (Lipinski definition) is 0. The van der Waals surface area contributed by atoms with E-state index in [4.69, 9.17) is 8.92 Å². The highest BCUT2D eigenvalue weighted by Gasteiger charge is 2.41. The van der Waals surface area contributed by atoms with E-state index in [1.54, 1.807) is 23.1 Å². The van der Waals surface area contributed by atoms with Crippen molar-refractivity contribution in [3.8, 4) is 5.75 Å². The van der Waals surface area contributed by atoms with E-state index in [1.807, 2.05) is 44.2 Å². The number of ether oxygens (including phenoxy) is 1. The normalized spacial score (nSPS) is 16.0. The standard InChI is InChI=1S/C29H30FNO5S.C2H6/c1-4-21-10-13-29(35-14-15-36-37(3,33)34)23(16-21)19-31(20(2)32)28-17-24(30)11-12-25(28)27-18-26(27)22-8-6-5-7-9-22;1-2/h4-13,16-17,26-27H,1,14-15,18-19H2,2-3H3;1-2H3. The SMILES string of the molecule is C=Cc1ccc(OCCOS(C)(=O)=O)c(CN(C(C)=O)c2cc(F)ccc2C2CC2c2ccccc2)c1.CC. The van der Waals surface area contributed by atoms with Crippen molar-refractivity contribution in [2.45, 2.75) is 45.6 Å². The molecule has 1 aliphatic carbocycles. The number of nitrogens with zero attached hydrogens (tertiary/aromatic N) is 1. The van der Waals surface area contributed by atoms with Crippen molar-refractivity contribution in [1.29, 1.82) is 0 Å². The van der Waals surface area contributed by atoms with E-state index in [0.717, 1.165) is 23.8 Å². The molecule has 0 aromatic heterocycles. The molecule has 39 heavy (non-hydrogen) atoms. The van der Waals surface area contributed by atoms with Gasteiger partial charge in [0.25, 0.3) is 10.1 Å². The van der Waals surface area contributed by atoms with Gasteiger partial charge in [-0.15, -0.1) is 0 Å². The van der Waals surface area contributed by atoms with Gasteiger partial charge in [0.05, 0.1) is 18.5 Å². The third kappa shape index (κ3) is 8.25. The van der Waals surface area contributed by atoms with Crippen LogP contribution < -0.4 is 9.64 Å². The van der Waals surface area contributed by atoms with Crippen LogP contribution in [-0.2, 0) is 25.6 Å². The Morgan fingerprint density at radius 1 is 1.05 bits per heavy atom. The minimum Gasteiger partial charge on any atom is -0.491 e. The molecular formula is C31H36FNO5S. The Morgan fingerprint density at radius 2 is 1.77 bits per heavy atom. The lowest BCUT2D eigenvalue weighted by atomic mass is 10.0. The number of anilines is 1. The number of amides is 1. The van der Waals surface area contributed by atoms with Gasteiger partial charge in [-0.3, -0.25) is 8.98 Å². The number of carbonyl (C=O) groups excluding carboxylic acids is 1. The highest BCUT2D eigenvalue weighted by molar-refractivity contribution is 7.85. The summed E-state index contributed by atoms with van der Waals surface area (Å²) in [4.78, 5) is 14.5. The minimum absolute atomic E-state index is 0.000375. The third-order valence-corrected chi connectivity index (χ3v) is 6.96. The average Bonchev–Trinajstić information content (AvgIpc) is 3.72. The first kappa shape index (κ1) is 30.1. The molecule has 0 saturated heterocycles. The largest absolute Gasteiger partial charge is 0.491 e. The molecular weight excluding hydrogens is 517 g/mol. The van der Waals surface area contributed by atoms with Crippen LogP contribution in [0.1, 0.15) is 61.3 Å². The molecule has 2 atom stereocenters. The predicted molar refractivity (Wildman–Crippen MR) is 154 cm³/mol. The monoisotopic (exact) mass is 553 g/mol. The molecule has 0 N–H and O–H groups in total. The molecule has 6 nitrogen and oxygen atoms in total. The van der Waals surface area contributed by atoms with Gasteiger partial charge in [-0.25, -0.2) is 4.39 Å². The Balaban J connectivity index is 0.00000205. The highest BCUT2D eigenvalue weighted by Crippen LogP contribution is 2.56. The van der Waals surface area contributed by atoms with Crippen LogP contribution in [0.2, 0.25) is 0 Å². The van der Waals surface area contributed by atoms with E-state index in [9.17, 15) is 17.6 Å². The number of carbonyl (C=O) groups is 1. The number of hydrogen-bond acceptors (Lipinski definition) is 5. The Labute approximate surface area is 231 Å². The second-order valence-corrected chi connectivity index (χ2v) is 10.8. The van der Waals surface area contributed by atoms with E-state index >= 15 is 0 Å². The van der Waals surface area contributed by atoms with Gasteiger partial charge in [0.1, 0.15) is 24.8 Å². The van der Waals surface area contributed by atoms with Crippen LogP contribution in [0.15, 0.2) is 73.3 Å². The van der Waals surface area contributed by atoms with Crippen LogP contribution in [0, 0.1) is 5.82 Å². The molecule has 3 aromatic rings. The topological polar surface area (TPSA) is 72.9 Å². The lowest BCUT2D eigenvalue weighted by molar-refractivity contribution is -0.116. The van der Waals surface area contributed by atoms with Gasteiger partial charge in [0, 0.05) is 12.5 Å². The summed E-state index contributed by atoms with van der Waals surface area (Å²) in [6.45, 7) is 9.26. The van der Waals surface area contributed by atoms with E-state index in [2.05, 4.69) is 18.7 Å². The van der Waals surface area contributed by atoms with Gasteiger partial charge in [0.15, 0.2) is 0 Å². The number of rotatable bonds is 11. The summed E-state index contributed by atoms with van der Waals surface area (Å²) < 4.78 is 47.5. The van der Waals surface area contributed by atoms with E-state index < -0.39 is 15.9 Å². The molecule has 1 aliphatic rings. The van der Waals surface area contributed by atoms with Crippen LogP contribution >= 0.6 is 0 Å². The van der Waals surface area contributed by atoms with E-state index in [1.165, 1.54) is 24.6 Å². The van der Waals surface area contributed by atoms with Gasteiger partial charge in [-0.2, -0.15) is 8.42 Å². The molecule has 1 amide bonds. The fourth-order valence-electron chi connectivity index (χ4n) is 4.54. The molecule has 0 heterocycles. The van der Waals surface area contributed by atoms with Crippen molar-refractivity contribution in [3.63, 3.8) is 0 Å². The highest BCUT2D eigenvalue weighted by atomic mass is 32.2. The zero-order valence-corrected chi connectivity index (χ0v) is 23.7. The maximum atomic E-state index is 14.5. The first-order valence-electron chi connectivity index (χ1n) is 13.0. The first-order chi connectivity index (χ1) is 18.7. The molecule has 2 unspecified atom stereocenters. The van der Waals surface area contributed by atoms with Crippen molar-refractivity contribution < 1.29 is 26.5 Å². The molecule has 8 heteroatoms. The van der Waals surface area contributed by atoms with Crippen LogP contribution in [0.4, 0.5) is 10.1 Å². The molecule has 4 rings (SSSR count). The second-order valence-electron chi connectivity index (χ2n) is 9.11. The summed E-state index contributed by atoms with van der Waals surface area (Å²) in [6.07, 6.45) is 3.58. The van der Waals surface area contributed by atoms with E-state index in [0.29, 0.717) is 22.9 Å². The average molecular weight is 554 g/mol. The predicted octanol–water partition coefficient (Wildman–Crippen LogP) is 6.67. The molecule has 0 radical (unpaired) electrons. The Bertz CT molecular complexity index is 1390. The molecule has 0 aliphatic heterocycles. The fourth-order valence-corrected chi connectivity index (χ4v) is 4.91. The first-order valence-corrected chi connectivity index (χ1v) is 14.8. The zero-order chi connectivity index (χ0) is 28.6. The lowest BCUT2D eigenvalue weighted by Crippen LogP contribution is -2.29. The summed E-state index contributed by atoms with van der Waals surface area (Å²) in [5, 5.41) is 0. The summed E-state index contributed by atoms with van der Waals surface area (Å²) in [7, 11) is -3.58. The summed E-state index contributed by atoms with van der Waals surface area (Å²) >= 11 is 0. The maximum Gasteiger partial charge on any atom is 0.264 e. The quantitative estimate of drug-likeness (QED) is 0.196. The molecule has 1 saturated carbocycles. The van der Waals surface area contributed by atoms with Gasteiger partial charge in [-0.05, 0) is 59.2 Å². The molecule has 3 aromatic carbocycles. The van der Waals surface area contributed by atoms with E-state index in [-0.39, 0.29) is 31.6 Å². The molecule has 0 bridgehead atoms. The molecule has 0 spiro atoms. The molecule has 1 fully saturated rings. The van der Waals surface area contributed by atoms with Crippen molar-refractivity contribution in [1.82, 2.24) is 0 Å². The second kappa shape index (κ2) is 13.5. The number of benzene rings is 3. The van der Waals surface area contributed by atoms with Gasteiger partial charge < -0.3 is 9.64 Å². The fraction of sp³-hybridized carbons (Fsp3) is 0.323. The van der Waals surface area contributed by atoms with Crippen molar-refractivity contribution in [2.24, 2.45) is 0 Å². The number of halogens is 1.